The average molecular weight is 389 g/mol. The molecule has 0 saturated heterocycles. The highest BCUT2D eigenvalue weighted by atomic mass is 16.3. The first-order valence-electron chi connectivity index (χ1n) is 9.80. The molecule has 7 aromatic rings. The van der Waals surface area contributed by atoms with E-state index in [0.717, 1.165) is 50.1 Å². The van der Waals surface area contributed by atoms with Crippen LogP contribution in [0.4, 0.5) is 0 Å². The Balaban J connectivity index is 1.58. The highest BCUT2D eigenvalue weighted by Gasteiger charge is 2.19. The molecule has 0 saturated carbocycles. The molecular weight excluding hydrogens is 374 g/mol. The highest BCUT2D eigenvalue weighted by molar-refractivity contribution is 6.10. The summed E-state index contributed by atoms with van der Waals surface area (Å²) in [5.74, 6) is 0.833. The first-order chi connectivity index (χ1) is 14.9. The molecule has 0 bridgehead atoms. The van der Waals surface area contributed by atoms with Crippen LogP contribution in [0.25, 0.3) is 55.5 Å². The monoisotopic (exact) mass is 389 g/mol. The zero-order valence-electron chi connectivity index (χ0n) is 15.8. The third-order valence-electron chi connectivity index (χ3n) is 5.78. The van der Waals surface area contributed by atoms with Crippen LogP contribution in [0.15, 0.2) is 100 Å². The molecule has 5 heteroatoms. The summed E-state index contributed by atoms with van der Waals surface area (Å²) in [6.45, 7) is 0. The van der Waals surface area contributed by atoms with Crippen molar-refractivity contribution in [1.29, 1.82) is 0 Å². The van der Waals surface area contributed by atoms with Gasteiger partial charge in [0.25, 0.3) is 0 Å². The first-order valence-corrected chi connectivity index (χ1v) is 9.80. The van der Waals surface area contributed by atoms with Crippen LogP contribution in [-0.4, -0.2) is 14.1 Å². The van der Waals surface area contributed by atoms with Gasteiger partial charge >= 0.3 is 0 Å². The van der Waals surface area contributed by atoms with Crippen LogP contribution < -0.4 is 0 Å². The summed E-state index contributed by atoms with van der Waals surface area (Å²) in [4.78, 5) is 4.53. The minimum Gasteiger partial charge on any atom is -0.447 e. The van der Waals surface area contributed by atoms with Gasteiger partial charge in [-0.1, -0.05) is 24.3 Å². The van der Waals surface area contributed by atoms with Gasteiger partial charge in [-0.3, -0.25) is 9.13 Å². The number of furan rings is 2. The molecule has 0 N–H and O–H groups in total. The van der Waals surface area contributed by atoms with Gasteiger partial charge in [-0.05, 0) is 48.5 Å². The molecule has 2 aromatic carbocycles. The standard InChI is InChI=1S/C25H15N3O2/c1-2-6-21-17(5-1)18-10-13-29-24(18)27(21)16-8-9-22-20(15-16)19-11-14-30-25(19)28(22)23-7-3-4-12-26-23/h1-15H. The minimum atomic E-state index is 0.793. The molecule has 142 valence electrons. The second-order valence-electron chi connectivity index (χ2n) is 7.36. The molecular formula is C25H15N3O2. The molecule has 0 radical (unpaired) electrons. The fourth-order valence-corrected chi connectivity index (χ4v) is 4.52. The molecule has 0 aliphatic heterocycles. The van der Waals surface area contributed by atoms with E-state index in [1.54, 1.807) is 18.7 Å². The lowest BCUT2D eigenvalue weighted by Gasteiger charge is -2.08. The van der Waals surface area contributed by atoms with Crippen molar-refractivity contribution < 1.29 is 8.83 Å². The Kier molecular flexibility index (Phi) is 2.94. The second kappa shape index (κ2) is 5.64. The summed E-state index contributed by atoms with van der Waals surface area (Å²) in [5.41, 5.74) is 4.87. The SMILES string of the molecule is c1ccc(-n2c3ccc(-n4c5ccccc5c5ccoc54)cc3c3ccoc32)nc1. The van der Waals surface area contributed by atoms with Crippen LogP contribution in [0.2, 0.25) is 0 Å². The molecule has 0 aliphatic carbocycles. The zero-order valence-corrected chi connectivity index (χ0v) is 15.8. The fraction of sp³-hybridized carbons (Fsp3) is 0. The Morgan fingerprint density at radius 3 is 2.17 bits per heavy atom. The molecule has 5 aromatic heterocycles. The molecule has 5 heterocycles. The van der Waals surface area contributed by atoms with Crippen molar-refractivity contribution in [2.45, 2.75) is 0 Å². The van der Waals surface area contributed by atoms with Crippen molar-refractivity contribution in [1.82, 2.24) is 14.1 Å². The van der Waals surface area contributed by atoms with Crippen LogP contribution in [-0.2, 0) is 0 Å². The minimum absolute atomic E-state index is 0.793. The Bertz CT molecular complexity index is 1700. The van der Waals surface area contributed by atoms with Gasteiger partial charge < -0.3 is 8.83 Å². The second-order valence-corrected chi connectivity index (χ2v) is 7.36. The summed E-state index contributed by atoms with van der Waals surface area (Å²) in [6.07, 6.45) is 5.27. The van der Waals surface area contributed by atoms with E-state index in [9.17, 15) is 0 Å². The van der Waals surface area contributed by atoms with Crippen LogP contribution in [0.1, 0.15) is 0 Å². The molecule has 0 fully saturated rings. The maximum absolute atomic E-state index is 5.88. The number of hydrogen-bond acceptors (Lipinski definition) is 3. The van der Waals surface area contributed by atoms with E-state index >= 15 is 0 Å². The summed E-state index contributed by atoms with van der Waals surface area (Å²) < 4.78 is 16.0. The summed E-state index contributed by atoms with van der Waals surface area (Å²) in [6, 6.07) is 24.7. The number of benzene rings is 2. The van der Waals surface area contributed by atoms with Gasteiger partial charge in [-0.25, -0.2) is 4.98 Å². The molecule has 0 amide bonds. The smallest absolute Gasteiger partial charge is 0.213 e. The van der Waals surface area contributed by atoms with Gasteiger partial charge in [0.05, 0.1) is 23.6 Å². The predicted molar refractivity (Wildman–Crippen MR) is 117 cm³/mol. The van der Waals surface area contributed by atoms with Gasteiger partial charge in [0.15, 0.2) is 0 Å². The molecule has 7 rings (SSSR count). The van der Waals surface area contributed by atoms with Gasteiger partial charge in [-0.15, -0.1) is 0 Å². The van der Waals surface area contributed by atoms with Crippen molar-refractivity contribution in [3.8, 4) is 11.5 Å². The van der Waals surface area contributed by atoms with E-state index in [0.29, 0.717) is 0 Å². The number of aromatic nitrogens is 3. The van der Waals surface area contributed by atoms with Crippen molar-refractivity contribution >= 4 is 44.0 Å². The Labute approximate surface area is 170 Å². The zero-order chi connectivity index (χ0) is 19.7. The van der Waals surface area contributed by atoms with Crippen LogP contribution in [0.5, 0.6) is 0 Å². The summed E-state index contributed by atoms with van der Waals surface area (Å²) in [5, 5.41) is 4.47. The first kappa shape index (κ1) is 15.6. The molecule has 0 unspecified atom stereocenters. The fourth-order valence-electron chi connectivity index (χ4n) is 4.52. The highest BCUT2D eigenvalue weighted by Crippen LogP contribution is 2.36. The third-order valence-corrected chi connectivity index (χ3v) is 5.78. The normalized spacial score (nSPS) is 12.0. The molecule has 0 aliphatic rings. The molecule has 30 heavy (non-hydrogen) atoms. The molecule has 5 nitrogen and oxygen atoms in total. The van der Waals surface area contributed by atoms with Crippen molar-refractivity contribution in [3.05, 3.63) is 91.5 Å². The Hall–Kier alpha value is -4.25. The number of rotatable bonds is 2. The largest absolute Gasteiger partial charge is 0.447 e. The maximum Gasteiger partial charge on any atom is 0.213 e. The predicted octanol–water partition coefficient (Wildman–Crippen LogP) is 6.46. The van der Waals surface area contributed by atoms with Crippen molar-refractivity contribution in [3.63, 3.8) is 0 Å². The number of fused-ring (bicyclic) bond motifs is 6. The van der Waals surface area contributed by atoms with E-state index in [-0.39, 0.29) is 0 Å². The lowest BCUT2D eigenvalue weighted by Crippen LogP contribution is -1.97. The summed E-state index contributed by atoms with van der Waals surface area (Å²) in [7, 11) is 0. The van der Waals surface area contributed by atoms with Crippen molar-refractivity contribution in [2.24, 2.45) is 0 Å². The quantitative estimate of drug-likeness (QED) is 0.341. The van der Waals surface area contributed by atoms with Crippen LogP contribution in [0.3, 0.4) is 0 Å². The Morgan fingerprint density at radius 2 is 1.33 bits per heavy atom. The van der Waals surface area contributed by atoms with Crippen LogP contribution >= 0.6 is 0 Å². The number of para-hydroxylation sites is 1. The van der Waals surface area contributed by atoms with Crippen LogP contribution in [0, 0.1) is 0 Å². The van der Waals surface area contributed by atoms with Gasteiger partial charge in [0.2, 0.25) is 11.4 Å². The topological polar surface area (TPSA) is 49.0 Å². The van der Waals surface area contributed by atoms with E-state index in [2.05, 4.69) is 56.6 Å². The van der Waals surface area contributed by atoms with E-state index in [1.807, 2.05) is 30.3 Å². The van der Waals surface area contributed by atoms with Crippen molar-refractivity contribution in [2.75, 3.05) is 0 Å². The average Bonchev–Trinajstić information content (AvgIpc) is 3.55. The van der Waals surface area contributed by atoms with Gasteiger partial charge in [0, 0.05) is 33.4 Å². The third kappa shape index (κ3) is 1.93. The molecule has 0 spiro atoms. The lowest BCUT2D eigenvalue weighted by atomic mass is 10.2. The Morgan fingerprint density at radius 1 is 0.600 bits per heavy atom. The maximum atomic E-state index is 5.88. The number of nitrogens with zero attached hydrogens (tertiary/aromatic N) is 3. The van der Waals surface area contributed by atoms with Gasteiger partial charge in [-0.2, -0.15) is 0 Å². The summed E-state index contributed by atoms with van der Waals surface area (Å²) >= 11 is 0. The molecule has 0 atom stereocenters. The number of hydrogen-bond donors (Lipinski definition) is 0. The van der Waals surface area contributed by atoms with E-state index < -0.39 is 0 Å². The van der Waals surface area contributed by atoms with E-state index in [1.165, 1.54) is 5.39 Å². The van der Waals surface area contributed by atoms with Gasteiger partial charge in [0.1, 0.15) is 5.82 Å². The lowest BCUT2D eigenvalue weighted by molar-refractivity contribution is 0.594. The van der Waals surface area contributed by atoms with E-state index in [4.69, 9.17) is 8.83 Å². The number of pyridine rings is 1.